The first-order chi connectivity index (χ1) is 11.1. The third-order valence-electron chi connectivity index (χ3n) is 3.61. The van der Waals surface area contributed by atoms with E-state index >= 15 is 0 Å². The Hall–Kier alpha value is -2.70. The summed E-state index contributed by atoms with van der Waals surface area (Å²) in [4.78, 5) is 34.5. The van der Waals surface area contributed by atoms with E-state index in [0.717, 1.165) is 25.7 Å². The summed E-state index contributed by atoms with van der Waals surface area (Å²) in [7, 11) is 1.31. The van der Waals surface area contributed by atoms with Gasteiger partial charge in [0.05, 0.1) is 18.9 Å². The van der Waals surface area contributed by atoms with E-state index in [1.807, 2.05) is 0 Å². The minimum atomic E-state index is -0.792. The molecule has 1 aliphatic carbocycles. The van der Waals surface area contributed by atoms with Gasteiger partial charge in [0.25, 0.3) is 0 Å². The van der Waals surface area contributed by atoms with E-state index in [9.17, 15) is 14.4 Å². The zero-order valence-corrected chi connectivity index (χ0v) is 12.9. The molecule has 2 amide bonds. The van der Waals surface area contributed by atoms with Crippen molar-refractivity contribution >= 4 is 24.0 Å². The molecule has 0 aliphatic heterocycles. The second-order valence-electron chi connectivity index (χ2n) is 5.27. The molecule has 0 bridgehead atoms. The summed E-state index contributed by atoms with van der Waals surface area (Å²) in [6.07, 6.45) is 5.37. The smallest absolute Gasteiger partial charge is 0.337 e. The summed E-state index contributed by atoms with van der Waals surface area (Å²) >= 11 is 0. The molecule has 7 nitrogen and oxygen atoms in total. The van der Waals surface area contributed by atoms with Gasteiger partial charge in [0, 0.05) is 6.04 Å². The Bertz CT molecular complexity index is 604. The molecule has 0 heterocycles. The Morgan fingerprint density at radius 3 is 2.39 bits per heavy atom. The molecule has 0 radical (unpaired) electrons. The van der Waals surface area contributed by atoms with E-state index < -0.39 is 17.8 Å². The number of nitrogens with one attached hydrogen (secondary N) is 2. The van der Waals surface area contributed by atoms with E-state index in [4.69, 9.17) is 0 Å². The van der Waals surface area contributed by atoms with Crippen LogP contribution >= 0.6 is 0 Å². The molecule has 1 aromatic carbocycles. The van der Waals surface area contributed by atoms with E-state index in [2.05, 4.69) is 20.6 Å². The van der Waals surface area contributed by atoms with Crippen molar-refractivity contribution in [3.05, 3.63) is 35.4 Å². The third kappa shape index (κ3) is 4.91. The van der Waals surface area contributed by atoms with E-state index in [1.165, 1.54) is 13.3 Å². The molecule has 0 saturated heterocycles. The maximum atomic E-state index is 11.6. The van der Waals surface area contributed by atoms with Crippen LogP contribution in [0.25, 0.3) is 0 Å². The van der Waals surface area contributed by atoms with Gasteiger partial charge in [-0.15, -0.1) is 0 Å². The van der Waals surface area contributed by atoms with E-state index in [-0.39, 0.29) is 6.04 Å². The van der Waals surface area contributed by atoms with Gasteiger partial charge in [-0.05, 0) is 30.5 Å². The Morgan fingerprint density at radius 2 is 1.78 bits per heavy atom. The van der Waals surface area contributed by atoms with Gasteiger partial charge >= 0.3 is 17.8 Å². The second-order valence-corrected chi connectivity index (χ2v) is 5.27. The zero-order chi connectivity index (χ0) is 16.7. The van der Waals surface area contributed by atoms with Crippen molar-refractivity contribution < 1.29 is 19.1 Å². The number of hydrazone groups is 1. The van der Waals surface area contributed by atoms with Crippen LogP contribution in [0, 0.1) is 0 Å². The fraction of sp³-hybridized carbons (Fsp3) is 0.375. The molecule has 0 spiro atoms. The van der Waals surface area contributed by atoms with Crippen molar-refractivity contribution in [1.29, 1.82) is 0 Å². The molecule has 23 heavy (non-hydrogen) atoms. The fourth-order valence-electron chi connectivity index (χ4n) is 2.36. The molecular weight excluding hydrogens is 298 g/mol. The van der Waals surface area contributed by atoms with Crippen molar-refractivity contribution in [3.63, 3.8) is 0 Å². The van der Waals surface area contributed by atoms with Gasteiger partial charge in [0.1, 0.15) is 0 Å². The second kappa shape index (κ2) is 8.07. The number of ether oxygens (including phenoxy) is 1. The van der Waals surface area contributed by atoms with Crippen LogP contribution in [0.5, 0.6) is 0 Å². The van der Waals surface area contributed by atoms with Crippen LogP contribution in [0.15, 0.2) is 29.4 Å². The van der Waals surface area contributed by atoms with Crippen molar-refractivity contribution in [2.24, 2.45) is 5.10 Å². The average Bonchev–Trinajstić information content (AvgIpc) is 3.07. The van der Waals surface area contributed by atoms with Crippen molar-refractivity contribution in [2.45, 2.75) is 31.7 Å². The maximum absolute atomic E-state index is 11.6. The normalized spacial score (nSPS) is 14.7. The van der Waals surface area contributed by atoms with Gasteiger partial charge < -0.3 is 10.1 Å². The summed E-state index contributed by atoms with van der Waals surface area (Å²) in [6, 6.07) is 6.56. The van der Waals surface area contributed by atoms with E-state index in [0.29, 0.717) is 11.1 Å². The summed E-state index contributed by atoms with van der Waals surface area (Å²) in [5.74, 6) is -1.89. The summed E-state index contributed by atoms with van der Waals surface area (Å²) in [6.45, 7) is 0. The van der Waals surface area contributed by atoms with Crippen molar-refractivity contribution in [3.8, 4) is 0 Å². The Balaban J connectivity index is 1.81. The lowest BCUT2D eigenvalue weighted by Crippen LogP contribution is -2.42. The number of benzene rings is 1. The summed E-state index contributed by atoms with van der Waals surface area (Å²) < 4.78 is 4.60. The Kier molecular flexibility index (Phi) is 5.85. The van der Waals surface area contributed by atoms with Crippen molar-refractivity contribution in [2.75, 3.05) is 7.11 Å². The molecular formula is C16H19N3O4. The lowest BCUT2D eigenvalue weighted by molar-refractivity contribution is -0.139. The number of methoxy groups -OCH3 is 1. The molecule has 2 N–H and O–H groups in total. The lowest BCUT2D eigenvalue weighted by Gasteiger charge is -2.10. The predicted octanol–water partition coefficient (Wildman–Crippen LogP) is 0.982. The first-order valence-electron chi connectivity index (χ1n) is 7.42. The number of carbonyl (C=O) groups is 3. The average molecular weight is 317 g/mol. The topological polar surface area (TPSA) is 96.9 Å². The highest BCUT2D eigenvalue weighted by Gasteiger charge is 2.20. The molecule has 1 aliphatic rings. The fourth-order valence-corrected chi connectivity index (χ4v) is 2.36. The molecule has 2 rings (SSSR count). The van der Waals surface area contributed by atoms with Gasteiger partial charge in [-0.2, -0.15) is 5.10 Å². The van der Waals surface area contributed by atoms with Crippen LogP contribution in [0.3, 0.4) is 0 Å². The standard InChI is InChI=1S/C16H19N3O4/c1-23-16(22)12-8-6-11(7-9-12)10-17-19-15(21)14(20)18-13-4-2-3-5-13/h6-10,13H,2-5H2,1H3,(H,18,20)(H,19,21)/b17-10-. The largest absolute Gasteiger partial charge is 0.465 e. The molecule has 0 unspecified atom stereocenters. The number of hydrogen-bond acceptors (Lipinski definition) is 5. The minimum Gasteiger partial charge on any atom is -0.465 e. The number of carbonyl (C=O) groups excluding carboxylic acids is 3. The SMILES string of the molecule is COC(=O)c1ccc(/C=N\NC(=O)C(=O)NC2CCCC2)cc1. The molecule has 122 valence electrons. The lowest BCUT2D eigenvalue weighted by atomic mass is 10.1. The zero-order valence-electron chi connectivity index (χ0n) is 12.9. The molecule has 0 aromatic heterocycles. The number of rotatable bonds is 4. The minimum absolute atomic E-state index is 0.0862. The molecule has 0 atom stereocenters. The van der Waals surface area contributed by atoms with Crippen LogP contribution in [0.2, 0.25) is 0 Å². The van der Waals surface area contributed by atoms with Crippen molar-refractivity contribution in [1.82, 2.24) is 10.7 Å². The van der Waals surface area contributed by atoms with Crippen LogP contribution in [0.4, 0.5) is 0 Å². The Labute approximate surface area is 134 Å². The number of hydrogen-bond donors (Lipinski definition) is 2. The first kappa shape index (κ1) is 16.7. The maximum Gasteiger partial charge on any atom is 0.337 e. The highest BCUT2D eigenvalue weighted by Crippen LogP contribution is 2.17. The number of esters is 1. The quantitative estimate of drug-likeness (QED) is 0.374. The van der Waals surface area contributed by atoms with Crippen LogP contribution in [-0.2, 0) is 14.3 Å². The van der Waals surface area contributed by atoms with Crippen LogP contribution in [0.1, 0.15) is 41.6 Å². The van der Waals surface area contributed by atoms with Crippen LogP contribution in [-0.4, -0.2) is 37.1 Å². The predicted molar refractivity (Wildman–Crippen MR) is 83.9 cm³/mol. The molecule has 1 aromatic rings. The van der Waals surface area contributed by atoms with Gasteiger partial charge in [-0.3, -0.25) is 9.59 Å². The third-order valence-corrected chi connectivity index (χ3v) is 3.61. The number of amides is 2. The molecule has 7 heteroatoms. The molecule has 1 fully saturated rings. The summed E-state index contributed by atoms with van der Waals surface area (Å²) in [5, 5.41) is 6.41. The van der Waals surface area contributed by atoms with Crippen LogP contribution < -0.4 is 10.7 Å². The molecule has 1 saturated carbocycles. The van der Waals surface area contributed by atoms with Gasteiger partial charge in [0.2, 0.25) is 0 Å². The number of nitrogens with zero attached hydrogens (tertiary/aromatic N) is 1. The van der Waals surface area contributed by atoms with Gasteiger partial charge in [-0.25, -0.2) is 10.2 Å². The first-order valence-corrected chi connectivity index (χ1v) is 7.42. The van der Waals surface area contributed by atoms with Gasteiger partial charge in [-0.1, -0.05) is 25.0 Å². The Morgan fingerprint density at radius 1 is 1.13 bits per heavy atom. The highest BCUT2D eigenvalue weighted by molar-refractivity contribution is 6.35. The summed E-state index contributed by atoms with van der Waals surface area (Å²) in [5.41, 5.74) is 3.28. The monoisotopic (exact) mass is 317 g/mol. The van der Waals surface area contributed by atoms with E-state index in [1.54, 1.807) is 24.3 Å². The highest BCUT2D eigenvalue weighted by atomic mass is 16.5. The van der Waals surface area contributed by atoms with Gasteiger partial charge in [0.15, 0.2) is 0 Å².